The van der Waals surface area contributed by atoms with Gasteiger partial charge in [-0.1, -0.05) is 6.07 Å². The van der Waals surface area contributed by atoms with Crippen LogP contribution in [0.2, 0.25) is 0 Å². The molecule has 1 unspecified atom stereocenters. The van der Waals surface area contributed by atoms with Crippen LogP contribution in [0.5, 0.6) is 0 Å². The van der Waals surface area contributed by atoms with Crippen LogP contribution in [-0.2, 0) is 0 Å². The van der Waals surface area contributed by atoms with E-state index in [9.17, 15) is 9.50 Å². The van der Waals surface area contributed by atoms with Gasteiger partial charge in [0, 0.05) is 23.9 Å². The van der Waals surface area contributed by atoms with Gasteiger partial charge < -0.3 is 19.9 Å². The highest BCUT2D eigenvalue weighted by molar-refractivity contribution is 5.79. The maximum absolute atomic E-state index is 13.3. The Kier molecular flexibility index (Phi) is 4.04. The third-order valence-electron chi connectivity index (χ3n) is 3.21. The normalized spacial score (nSPS) is 12.5. The predicted molar refractivity (Wildman–Crippen MR) is 81.0 cm³/mol. The number of aromatic nitrogens is 1. The molecular weight excluding hydrogens is 287 g/mol. The third-order valence-corrected chi connectivity index (χ3v) is 3.21. The van der Waals surface area contributed by atoms with Crippen LogP contribution in [0, 0.1) is 5.82 Å². The summed E-state index contributed by atoms with van der Waals surface area (Å²) in [6.07, 6.45) is -0.826. The number of oxazole rings is 1. The average molecular weight is 302 g/mol. The summed E-state index contributed by atoms with van der Waals surface area (Å²) in [4.78, 5) is 4.33. The van der Waals surface area contributed by atoms with Crippen molar-refractivity contribution in [2.45, 2.75) is 6.10 Å². The minimum Gasteiger partial charge on any atom is -0.436 e. The molecule has 3 N–H and O–H groups in total. The molecule has 0 saturated heterocycles. The fourth-order valence-corrected chi connectivity index (χ4v) is 2.08. The van der Waals surface area contributed by atoms with Crippen molar-refractivity contribution >= 4 is 16.8 Å². The van der Waals surface area contributed by atoms with Gasteiger partial charge in [-0.15, -0.1) is 0 Å². The molecule has 1 atom stereocenters. The van der Waals surface area contributed by atoms with Gasteiger partial charge in [-0.25, -0.2) is 9.37 Å². The highest BCUT2D eigenvalue weighted by atomic mass is 19.1. The van der Waals surface area contributed by atoms with Crippen LogP contribution in [-0.4, -0.2) is 34.5 Å². The molecule has 0 amide bonds. The number of halogens is 1. The first-order valence-corrected chi connectivity index (χ1v) is 6.85. The lowest BCUT2D eigenvalue weighted by Gasteiger charge is -2.09. The van der Waals surface area contributed by atoms with Crippen molar-refractivity contribution in [2.24, 2.45) is 0 Å². The van der Waals surface area contributed by atoms with E-state index in [4.69, 9.17) is 9.52 Å². The summed E-state index contributed by atoms with van der Waals surface area (Å²) in [5.74, 6) is 0.00199. The van der Waals surface area contributed by atoms with Gasteiger partial charge in [-0.3, -0.25) is 0 Å². The molecule has 22 heavy (non-hydrogen) atoms. The fraction of sp³-hybridized carbons (Fsp3) is 0.188. The summed E-state index contributed by atoms with van der Waals surface area (Å²) in [5.41, 5.74) is 2.53. The Morgan fingerprint density at radius 2 is 2.09 bits per heavy atom. The lowest BCUT2D eigenvalue weighted by atomic mass is 10.2. The number of aliphatic hydroxyl groups excluding tert-OH is 2. The largest absolute Gasteiger partial charge is 0.436 e. The first kappa shape index (κ1) is 14.5. The standard InChI is InChI=1S/C16H15FN2O3/c17-11-3-1-2-10(6-11)16-19-14-5-4-12(7-15(14)22-16)18-8-13(21)9-20/h1-7,13,18,20-21H,8-9H2. The molecule has 1 aromatic heterocycles. The summed E-state index contributed by atoms with van der Waals surface area (Å²) in [5, 5.41) is 21.1. The Morgan fingerprint density at radius 1 is 1.23 bits per heavy atom. The second-order valence-corrected chi connectivity index (χ2v) is 4.93. The number of aliphatic hydroxyl groups is 2. The summed E-state index contributed by atoms with van der Waals surface area (Å²) >= 11 is 0. The first-order chi connectivity index (χ1) is 10.7. The molecule has 0 bridgehead atoms. The zero-order chi connectivity index (χ0) is 15.5. The number of anilines is 1. The second-order valence-electron chi connectivity index (χ2n) is 4.93. The zero-order valence-corrected chi connectivity index (χ0v) is 11.7. The van der Waals surface area contributed by atoms with Crippen molar-refractivity contribution in [2.75, 3.05) is 18.5 Å². The third kappa shape index (κ3) is 3.08. The Balaban J connectivity index is 1.87. The van der Waals surface area contributed by atoms with Crippen LogP contribution in [0.3, 0.4) is 0 Å². The molecule has 3 aromatic rings. The topological polar surface area (TPSA) is 78.5 Å². The summed E-state index contributed by atoms with van der Waals surface area (Å²) in [7, 11) is 0. The molecule has 0 saturated carbocycles. The van der Waals surface area contributed by atoms with Crippen molar-refractivity contribution < 1.29 is 19.0 Å². The van der Waals surface area contributed by atoms with Crippen molar-refractivity contribution in [3.63, 3.8) is 0 Å². The molecule has 6 heteroatoms. The summed E-state index contributed by atoms with van der Waals surface area (Å²) < 4.78 is 18.9. The van der Waals surface area contributed by atoms with Gasteiger partial charge in [0.25, 0.3) is 0 Å². The van der Waals surface area contributed by atoms with Crippen molar-refractivity contribution in [3.05, 3.63) is 48.3 Å². The van der Waals surface area contributed by atoms with Crippen molar-refractivity contribution in [3.8, 4) is 11.5 Å². The molecule has 114 valence electrons. The molecule has 0 aliphatic heterocycles. The maximum Gasteiger partial charge on any atom is 0.227 e. The Morgan fingerprint density at radius 3 is 2.86 bits per heavy atom. The second kappa shape index (κ2) is 6.13. The number of fused-ring (bicyclic) bond motifs is 1. The minimum absolute atomic E-state index is 0.229. The number of hydrogen-bond acceptors (Lipinski definition) is 5. The fourth-order valence-electron chi connectivity index (χ4n) is 2.08. The van der Waals surface area contributed by atoms with Crippen molar-refractivity contribution in [1.82, 2.24) is 4.98 Å². The summed E-state index contributed by atoms with van der Waals surface area (Å²) in [6.45, 7) is -0.0752. The van der Waals surface area contributed by atoms with Gasteiger partial charge in [-0.2, -0.15) is 0 Å². The van der Waals surface area contributed by atoms with Gasteiger partial charge in [0.05, 0.1) is 12.7 Å². The monoisotopic (exact) mass is 302 g/mol. The summed E-state index contributed by atoms with van der Waals surface area (Å²) in [6, 6.07) is 11.4. The Hall–Kier alpha value is -2.44. The van der Waals surface area contributed by atoms with Crippen LogP contribution < -0.4 is 5.32 Å². The van der Waals surface area contributed by atoms with E-state index in [1.54, 1.807) is 30.3 Å². The molecule has 0 fully saturated rings. The molecule has 0 radical (unpaired) electrons. The number of rotatable bonds is 5. The van der Waals surface area contributed by atoms with Gasteiger partial charge in [0.2, 0.25) is 5.89 Å². The molecular formula is C16H15FN2O3. The van der Waals surface area contributed by atoms with E-state index in [0.717, 1.165) is 5.69 Å². The molecule has 5 nitrogen and oxygen atoms in total. The molecule has 0 aliphatic carbocycles. The number of benzene rings is 2. The predicted octanol–water partition coefficient (Wildman–Crippen LogP) is 2.40. The van der Waals surface area contributed by atoms with Gasteiger partial charge in [0.1, 0.15) is 11.3 Å². The maximum atomic E-state index is 13.3. The van der Waals surface area contributed by atoms with Crippen LogP contribution in [0.15, 0.2) is 46.9 Å². The lowest BCUT2D eigenvalue weighted by molar-refractivity contribution is 0.105. The quantitative estimate of drug-likeness (QED) is 0.674. The van der Waals surface area contributed by atoms with E-state index >= 15 is 0 Å². The zero-order valence-electron chi connectivity index (χ0n) is 11.7. The van der Waals surface area contributed by atoms with Crippen molar-refractivity contribution in [1.29, 1.82) is 0 Å². The van der Waals surface area contributed by atoms with E-state index < -0.39 is 6.10 Å². The van der Waals surface area contributed by atoms with E-state index in [1.807, 2.05) is 0 Å². The first-order valence-electron chi connectivity index (χ1n) is 6.85. The van der Waals surface area contributed by atoms with Crippen LogP contribution in [0.25, 0.3) is 22.6 Å². The number of hydrogen-bond donors (Lipinski definition) is 3. The van der Waals surface area contributed by atoms with Crippen LogP contribution in [0.1, 0.15) is 0 Å². The smallest absolute Gasteiger partial charge is 0.227 e. The van der Waals surface area contributed by atoms with Gasteiger partial charge in [0.15, 0.2) is 5.58 Å². The molecule has 0 aliphatic rings. The lowest BCUT2D eigenvalue weighted by Crippen LogP contribution is -2.22. The van der Waals surface area contributed by atoms with Crippen LogP contribution in [0.4, 0.5) is 10.1 Å². The highest BCUT2D eigenvalue weighted by Gasteiger charge is 2.10. The average Bonchev–Trinajstić information content (AvgIpc) is 2.95. The molecule has 2 aromatic carbocycles. The number of nitrogens with zero attached hydrogens (tertiary/aromatic N) is 1. The Labute approximate surface area is 126 Å². The minimum atomic E-state index is -0.826. The van der Waals surface area contributed by atoms with Crippen LogP contribution >= 0.6 is 0 Å². The highest BCUT2D eigenvalue weighted by Crippen LogP contribution is 2.26. The Bertz CT molecular complexity index is 788. The van der Waals surface area contributed by atoms with E-state index in [-0.39, 0.29) is 19.0 Å². The van der Waals surface area contributed by atoms with E-state index in [1.165, 1.54) is 12.1 Å². The molecule has 1 heterocycles. The van der Waals surface area contributed by atoms with E-state index in [0.29, 0.717) is 22.6 Å². The SMILES string of the molecule is OCC(O)CNc1ccc2nc(-c3cccc(F)c3)oc2c1. The van der Waals surface area contributed by atoms with Gasteiger partial charge >= 0.3 is 0 Å². The molecule has 3 rings (SSSR count). The van der Waals surface area contributed by atoms with E-state index in [2.05, 4.69) is 10.3 Å². The number of nitrogens with one attached hydrogen (secondary N) is 1. The molecule has 0 spiro atoms. The van der Waals surface area contributed by atoms with Gasteiger partial charge in [-0.05, 0) is 30.3 Å².